The maximum Gasteiger partial charge on any atom is 0.306 e. The van der Waals surface area contributed by atoms with E-state index in [4.69, 9.17) is 0 Å². The summed E-state index contributed by atoms with van der Waals surface area (Å²) >= 11 is 0. The summed E-state index contributed by atoms with van der Waals surface area (Å²) in [5.41, 5.74) is 0. The molecular weight excluding hydrogens is 566 g/mol. The third-order valence-corrected chi connectivity index (χ3v) is 9.77. The van der Waals surface area contributed by atoms with E-state index in [0.717, 1.165) is 19.4 Å². The summed E-state index contributed by atoms with van der Waals surface area (Å²) in [7, 11) is 0. The minimum absolute atomic E-state index is 0.479. The van der Waals surface area contributed by atoms with Gasteiger partial charge < -0.3 is 19.8 Å². The maximum atomic E-state index is 11.5. The summed E-state index contributed by atoms with van der Waals surface area (Å²) in [6, 6.07) is 0. The van der Waals surface area contributed by atoms with Gasteiger partial charge in [0, 0.05) is 19.3 Å². The molecule has 7 heteroatoms. The van der Waals surface area contributed by atoms with Crippen molar-refractivity contribution in [2.24, 2.45) is 17.8 Å². The van der Waals surface area contributed by atoms with E-state index in [1.54, 1.807) is 20.8 Å². The minimum Gasteiger partial charge on any atom is -0.481 e. The van der Waals surface area contributed by atoms with Crippen LogP contribution in [0.25, 0.3) is 0 Å². The predicted octanol–water partition coefficient (Wildman–Crippen LogP) is 10.1. The Labute approximate surface area is 276 Å². The Morgan fingerprint density at radius 3 is 1.07 bits per heavy atom. The molecule has 264 valence electrons. The van der Waals surface area contributed by atoms with Crippen molar-refractivity contribution in [2.45, 2.75) is 169 Å². The number of carbonyl (C=O) groups is 3. The van der Waals surface area contributed by atoms with Crippen molar-refractivity contribution in [3.63, 3.8) is 0 Å². The van der Waals surface area contributed by atoms with Crippen LogP contribution < -0.4 is 0 Å². The highest BCUT2D eigenvalue weighted by Gasteiger charge is 2.31. The average molecular weight is 639 g/mol. The number of unbranched alkanes of at least 4 members (excludes halogenated alkanes) is 17. The molecule has 0 fully saturated rings. The molecule has 0 rings (SSSR count). The second kappa shape index (κ2) is 28.3. The summed E-state index contributed by atoms with van der Waals surface area (Å²) < 4.78 is 0.613. The Morgan fingerprint density at radius 2 is 0.756 bits per heavy atom. The lowest BCUT2D eigenvalue weighted by Crippen LogP contribution is -2.52. The number of allylic oxidation sites excluding steroid dienone is 2. The molecule has 0 saturated carbocycles. The number of nitrogens with zero attached hydrogens (tertiary/aromatic N) is 1. The van der Waals surface area contributed by atoms with E-state index in [2.05, 4.69) is 19.1 Å². The lowest BCUT2D eigenvalue weighted by Gasteiger charge is -2.40. The van der Waals surface area contributed by atoms with E-state index in [9.17, 15) is 29.7 Å². The van der Waals surface area contributed by atoms with Crippen LogP contribution in [0.5, 0.6) is 0 Å². The standard InChI is InChI=1S/C38H71NO6/c1-5-6-7-8-9-10-11-12-13-14-15-16-17-18-19-20-21-22-23-24-25-29-39(30-26-33(2)36(40)41,31-27-34(3)37(42)43)32-28-35(4)38(44)45/h12-13,33-35H,5-11,14-32H2,1-4H3,(H2-,40,41,42,43,44,45)/p+1/b13-12+. The lowest BCUT2D eigenvalue weighted by molar-refractivity contribution is -0.929. The van der Waals surface area contributed by atoms with Crippen LogP contribution >= 0.6 is 0 Å². The Morgan fingerprint density at radius 1 is 0.467 bits per heavy atom. The Balaban J connectivity index is 4.35. The monoisotopic (exact) mass is 639 g/mol. The fourth-order valence-corrected chi connectivity index (χ4v) is 6.02. The van der Waals surface area contributed by atoms with Gasteiger partial charge in [-0.25, -0.2) is 0 Å². The van der Waals surface area contributed by atoms with E-state index in [-0.39, 0.29) is 0 Å². The van der Waals surface area contributed by atoms with Crippen molar-refractivity contribution in [1.29, 1.82) is 0 Å². The number of aliphatic carboxylic acids is 3. The highest BCUT2D eigenvalue weighted by molar-refractivity contribution is 5.70. The number of carboxylic acids is 3. The first-order chi connectivity index (χ1) is 21.5. The van der Waals surface area contributed by atoms with Gasteiger partial charge in [0.1, 0.15) is 0 Å². The zero-order valence-electron chi connectivity index (χ0n) is 29.8. The average Bonchev–Trinajstić information content (AvgIpc) is 3.01. The van der Waals surface area contributed by atoms with Gasteiger partial charge in [-0.15, -0.1) is 0 Å². The van der Waals surface area contributed by atoms with E-state index in [0.29, 0.717) is 43.4 Å². The van der Waals surface area contributed by atoms with Crippen LogP contribution in [0.2, 0.25) is 0 Å². The van der Waals surface area contributed by atoms with Gasteiger partial charge >= 0.3 is 17.9 Å². The third-order valence-electron chi connectivity index (χ3n) is 9.77. The molecule has 0 heterocycles. The molecule has 7 nitrogen and oxygen atoms in total. The minimum atomic E-state index is -0.822. The first-order valence-electron chi connectivity index (χ1n) is 18.7. The molecule has 3 N–H and O–H groups in total. The number of rotatable bonds is 33. The van der Waals surface area contributed by atoms with Crippen molar-refractivity contribution in [2.75, 3.05) is 26.2 Å². The Hall–Kier alpha value is -1.89. The number of quaternary nitrogens is 1. The summed E-state index contributed by atoms with van der Waals surface area (Å²) in [4.78, 5) is 34.6. The fraction of sp³-hybridized carbons (Fsp3) is 0.868. The van der Waals surface area contributed by atoms with Gasteiger partial charge in [0.05, 0.1) is 43.9 Å². The second-order valence-electron chi connectivity index (χ2n) is 14.0. The van der Waals surface area contributed by atoms with Gasteiger partial charge in [-0.05, 0) is 38.5 Å². The smallest absolute Gasteiger partial charge is 0.306 e. The Kier molecular flexibility index (Phi) is 27.2. The van der Waals surface area contributed by atoms with E-state index in [1.807, 2.05) is 0 Å². The number of hydrogen-bond acceptors (Lipinski definition) is 3. The first-order valence-corrected chi connectivity index (χ1v) is 18.7. The van der Waals surface area contributed by atoms with Gasteiger partial charge in [0.25, 0.3) is 0 Å². The van der Waals surface area contributed by atoms with Crippen LogP contribution in [0.1, 0.15) is 169 Å². The lowest BCUT2D eigenvalue weighted by atomic mass is 10.0. The van der Waals surface area contributed by atoms with Crippen LogP contribution in [0.15, 0.2) is 12.2 Å². The third kappa shape index (κ3) is 24.9. The molecule has 0 aromatic rings. The normalized spacial score (nSPS) is 15.1. The van der Waals surface area contributed by atoms with E-state index >= 15 is 0 Å². The van der Waals surface area contributed by atoms with Crippen LogP contribution in [-0.2, 0) is 14.4 Å². The first kappa shape index (κ1) is 43.1. The fourth-order valence-electron chi connectivity index (χ4n) is 6.02. The maximum absolute atomic E-state index is 11.5. The molecule has 0 radical (unpaired) electrons. The molecule has 0 spiro atoms. The van der Waals surface area contributed by atoms with Crippen molar-refractivity contribution in [3.8, 4) is 0 Å². The number of carboxylic acid groups (broad SMARTS) is 3. The van der Waals surface area contributed by atoms with Gasteiger partial charge in [-0.1, -0.05) is 123 Å². The van der Waals surface area contributed by atoms with Crippen LogP contribution in [0.3, 0.4) is 0 Å². The Bertz CT molecular complexity index is 722. The SMILES string of the molecule is CCCCCCCC/C=C/CCCCCCCCCCCCC[N+](CCC(C)C(=O)O)(CCC(C)C(=O)O)CCC(C)C(=O)O. The molecule has 0 aliphatic heterocycles. The molecule has 45 heavy (non-hydrogen) atoms. The highest BCUT2D eigenvalue weighted by atomic mass is 16.4. The zero-order chi connectivity index (χ0) is 33.8. The number of hydrogen-bond donors (Lipinski definition) is 3. The zero-order valence-corrected chi connectivity index (χ0v) is 29.8. The largest absolute Gasteiger partial charge is 0.481 e. The van der Waals surface area contributed by atoms with Gasteiger partial charge in [-0.2, -0.15) is 0 Å². The second-order valence-corrected chi connectivity index (χ2v) is 14.0. The summed E-state index contributed by atoms with van der Waals surface area (Å²) in [6.07, 6.45) is 30.7. The topological polar surface area (TPSA) is 112 Å². The van der Waals surface area contributed by atoms with Crippen molar-refractivity contribution in [3.05, 3.63) is 12.2 Å². The van der Waals surface area contributed by atoms with Crippen LogP contribution in [-0.4, -0.2) is 63.9 Å². The van der Waals surface area contributed by atoms with E-state index in [1.165, 1.54) is 109 Å². The predicted molar refractivity (Wildman–Crippen MR) is 187 cm³/mol. The summed E-state index contributed by atoms with van der Waals surface area (Å²) in [6.45, 7) is 10.2. The van der Waals surface area contributed by atoms with Crippen molar-refractivity contribution >= 4 is 17.9 Å². The molecule has 0 aliphatic carbocycles. The molecule has 3 atom stereocenters. The molecule has 3 unspecified atom stereocenters. The van der Waals surface area contributed by atoms with Crippen LogP contribution in [0.4, 0.5) is 0 Å². The van der Waals surface area contributed by atoms with Crippen molar-refractivity contribution < 1.29 is 34.2 Å². The van der Waals surface area contributed by atoms with E-state index < -0.39 is 35.7 Å². The van der Waals surface area contributed by atoms with Gasteiger partial charge in [-0.3, -0.25) is 14.4 Å². The van der Waals surface area contributed by atoms with Crippen molar-refractivity contribution in [1.82, 2.24) is 0 Å². The quantitative estimate of drug-likeness (QED) is 0.0375. The molecule has 0 amide bonds. The van der Waals surface area contributed by atoms with Gasteiger partial charge in [0.2, 0.25) is 0 Å². The molecule has 0 aromatic carbocycles. The summed E-state index contributed by atoms with van der Waals surface area (Å²) in [5.74, 6) is -3.90. The van der Waals surface area contributed by atoms with Crippen LogP contribution in [0, 0.1) is 17.8 Å². The molecule has 0 saturated heterocycles. The molecule has 0 aliphatic rings. The molecule has 0 aromatic heterocycles. The highest BCUT2D eigenvalue weighted by Crippen LogP contribution is 2.22. The molecular formula is C38H72NO6+. The van der Waals surface area contributed by atoms with Gasteiger partial charge in [0.15, 0.2) is 0 Å². The molecule has 0 bridgehead atoms. The summed E-state index contributed by atoms with van der Waals surface area (Å²) in [5, 5.41) is 28.4.